The summed E-state index contributed by atoms with van der Waals surface area (Å²) in [4.78, 5) is 14.3. The Morgan fingerprint density at radius 1 is 1.32 bits per heavy atom. The number of amides is 2. The largest absolute Gasteiger partial charge is 0.396 e. The summed E-state index contributed by atoms with van der Waals surface area (Å²) in [5.74, 6) is 0. The minimum Gasteiger partial charge on any atom is -0.396 e. The molecule has 1 saturated heterocycles. The lowest BCUT2D eigenvalue weighted by Gasteiger charge is -2.32. The Balaban J connectivity index is 1.50. The first-order valence-corrected chi connectivity index (χ1v) is 8.79. The quantitative estimate of drug-likeness (QED) is 0.869. The van der Waals surface area contributed by atoms with Crippen LogP contribution in [0.1, 0.15) is 43.1 Å². The first-order valence-electron chi connectivity index (χ1n) is 8.79. The number of aromatic nitrogens is 3. The second-order valence-corrected chi connectivity index (χ2v) is 6.46. The molecule has 2 amide bonds. The number of urea groups is 1. The molecule has 0 saturated carbocycles. The number of hydrogen-bond donors (Lipinski definition) is 2. The van der Waals surface area contributed by atoms with Gasteiger partial charge in [0.05, 0.1) is 17.8 Å². The van der Waals surface area contributed by atoms with E-state index < -0.39 is 0 Å². The number of likely N-dealkylation sites (tertiary alicyclic amines) is 1. The van der Waals surface area contributed by atoms with E-state index in [1.165, 1.54) is 0 Å². The highest BCUT2D eigenvalue weighted by atomic mass is 16.3. The maximum atomic E-state index is 12.5. The average molecular weight is 343 g/mol. The smallest absolute Gasteiger partial charge is 0.317 e. The number of carbonyl (C=O) groups is 1. The minimum atomic E-state index is -0.0191. The van der Waals surface area contributed by atoms with Crippen molar-refractivity contribution in [2.45, 2.75) is 38.3 Å². The average Bonchev–Trinajstić information content (AvgIpc) is 3.11. The number of rotatable bonds is 5. The van der Waals surface area contributed by atoms with Gasteiger partial charge in [-0.05, 0) is 25.3 Å². The fourth-order valence-electron chi connectivity index (χ4n) is 3.16. The zero-order valence-electron chi connectivity index (χ0n) is 14.5. The second-order valence-electron chi connectivity index (χ2n) is 6.46. The predicted molar refractivity (Wildman–Crippen MR) is 94.0 cm³/mol. The van der Waals surface area contributed by atoms with Crippen LogP contribution in [-0.2, 0) is 6.42 Å². The van der Waals surface area contributed by atoms with Gasteiger partial charge in [0.25, 0.3) is 0 Å². The molecule has 1 atom stereocenters. The third-order valence-corrected chi connectivity index (χ3v) is 4.69. The van der Waals surface area contributed by atoms with Crippen LogP contribution in [0.5, 0.6) is 0 Å². The Hall–Kier alpha value is -2.41. The SMILES string of the molecule is C[C@H](NC(=O)N1CCC(n2cc(CCO)nn2)CC1)c1ccccc1. The van der Waals surface area contributed by atoms with E-state index in [0.717, 1.165) is 24.1 Å². The lowest BCUT2D eigenvalue weighted by atomic mass is 10.1. The molecule has 7 heteroatoms. The molecule has 2 N–H and O–H groups in total. The van der Waals surface area contributed by atoms with Gasteiger partial charge in [-0.3, -0.25) is 0 Å². The maximum absolute atomic E-state index is 12.5. The normalized spacial score (nSPS) is 16.6. The highest BCUT2D eigenvalue weighted by Crippen LogP contribution is 2.22. The Bertz CT molecular complexity index is 680. The Labute approximate surface area is 147 Å². The Morgan fingerprint density at radius 2 is 2.04 bits per heavy atom. The van der Waals surface area contributed by atoms with Gasteiger partial charge in [0, 0.05) is 32.3 Å². The molecule has 2 heterocycles. The number of carbonyl (C=O) groups excluding carboxylic acids is 1. The molecule has 2 aromatic rings. The van der Waals surface area contributed by atoms with Crippen LogP contribution in [0.15, 0.2) is 36.5 Å². The number of nitrogens with zero attached hydrogens (tertiary/aromatic N) is 4. The molecule has 25 heavy (non-hydrogen) atoms. The summed E-state index contributed by atoms with van der Waals surface area (Å²) in [6, 6.07) is 10.2. The van der Waals surface area contributed by atoms with Crippen molar-refractivity contribution < 1.29 is 9.90 Å². The molecule has 1 aromatic carbocycles. The highest BCUT2D eigenvalue weighted by Gasteiger charge is 2.25. The van der Waals surface area contributed by atoms with Crippen LogP contribution in [0.2, 0.25) is 0 Å². The van der Waals surface area contributed by atoms with Gasteiger partial charge in [0.15, 0.2) is 0 Å². The Kier molecular flexibility index (Phi) is 5.65. The van der Waals surface area contributed by atoms with Crippen LogP contribution in [0, 0.1) is 0 Å². The summed E-state index contributed by atoms with van der Waals surface area (Å²) in [6.07, 6.45) is 4.14. The molecule has 1 aromatic heterocycles. The van der Waals surface area contributed by atoms with Gasteiger partial charge in [-0.2, -0.15) is 0 Å². The van der Waals surface area contributed by atoms with Gasteiger partial charge in [-0.15, -0.1) is 5.10 Å². The molecule has 0 unspecified atom stereocenters. The van der Waals surface area contributed by atoms with E-state index >= 15 is 0 Å². The molecule has 1 aliphatic rings. The number of hydrogen-bond acceptors (Lipinski definition) is 4. The van der Waals surface area contributed by atoms with Gasteiger partial charge in [-0.1, -0.05) is 35.5 Å². The van der Waals surface area contributed by atoms with Gasteiger partial charge >= 0.3 is 6.03 Å². The van der Waals surface area contributed by atoms with Crippen molar-refractivity contribution in [2.75, 3.05) is 19.7 Å². The monoisotopic (exact) mass is 343 g/mol. The number of nitrogens with one attached hydrogen (secondary N) is 1. The fraction of sp³-hybridized carbons (Fsp3) is 0.500. The maximum Gasteiger partial charge on any atom is 0.317 e. The van der Waals surface area contributed by atoms with Crippen molar-refractivity contribution >= 4 is 6.03 Å². The lowest BCUT2D eigenvalue weighted by Crippen LogP contribution is -2.45. The molecule has 0 aliphatic carbocycles. The molecule has 7 nitrogen and oxygen atoms in total. The van der Waals surface area contributed by atoms with Crippen LogP contribution >= 0.6 is 0 Å². The summed E-state index contributed by atoms with van der Waals surface area (Å²) >= 11 is 0. The van der Waals surface area contributed by atoms with E-state index in [1.807, 2.05) is 53.0 Å². The molecular weight excluding hydrogens is 318 g/mol. The van der Waals surface area contributed by atoms with Gasteiger partial charge < -0.3 is 15.3 Å². The highest BCUT2D eigenvalue weighted by molar-refractivity contribution is 5.74. The lowest BCUT2D eigenvalue weighted by molar-refractivity contribution is 0.165. The van der Waals surface area contributed by atoms with Crippen molar-refractivity contribution in [3.05, 3.63) is 47.8 Å². The van der Waals surface area contributed by atoms with Crippen molar-refractivity contribution in [2.24, 2.45) is 0 Å². The first-order chi connectivity index (χ1) is 12.2. The fourth-order valence-corrected chi connectivity index (χ4v) is 3.16. The molecule has 0 spiro atoms. The van der Waals surface area contributed by atoms with Crippen molar-refractivity contribution in [3.8, 4) is 0 Å². The van der Waals surface area contributed by atoms with E-state index in [0.29, 0.717) is 19.5 Å². The number of piperidine rings is 1. The summed E-state index contributed by atoms with van der Waals surface area (Å²) in [5.41, 5.74) is 1.91. The summed E-state index contributed by atoms with van der Waals surface area (Å²) in [6.45, 7) is 3.48. The first kappa shape index (κ1) is 17.4. The van der Waals surface area contributed by atoms with Crippen LogP contribution < -0.4 is 5.32 Å². The molecule has 1 fully saturated rings. The zero-order chi connectivity index (χ0) is 17.6. The van der Waals surface area contributed by atoms with E-state index in [1.54, 1.807) is 0 Å². The van der Waals surface area contributed by atoms with Crippen LogP contribution in [0.4, 0.5) is 4.79 Å². The minimum absolute atomic E-state index is 0.0113. The third-order valence-electron chi connectivity index (χ3n) is 4.69. The van der Waals surface area contributed by atoms with Crippen LogP contribution in [-0.4, -0.2) is 50.7 Å². The molecule has 1 aliphatic heterocycles. The summed E-state index contributed by atoms with van der Waals surface area (Å²) in [5, 5.41) is 20.2. The molecule has 134 valence electrons. The molecular formula is C18H25N5O2. The van der Waals surface area contributed by atoms with Gasteiger partial charge in [0.2, 0.25) is 0 Å². The zero-order valence-corrected chi connectivity index (χ0v) is 14.5. The molecule has 0 radical (unpaired) electrons. The predicted octanol–water partition coefficient (Wildman–Crippen LogP) is 1.92. The number of benzene rings is 1. The van der Waals surface area contributed by atoms with Crippen molar-refractivity contribution in [1.29, 1.82) is 0 Å². The third kappa shape index (κ3) is 4.36. The number of aliphatic hydroxyl groups is 1. The number of aliphatic hydroxyl groups excluding tert-OH is 1. The van der Waals surface area contributed by atoms with Crippen molar-refractivity contribution in [1.82, 2.24) is 25.2 Å². The van der Waals surface area contributed by atoms with Crippen molar-refractivity contribution in [3.63, 3.8) is 0 Å². The van der Waals surface area contributed by atoms with Gasteiger partial charge in [-0.25, -0.2) is 9.48 Å². The van der Waals surface area contributed by atoms with Gasteiger partial charge in [0.1, 0.15) is 0 Å². The topological polar surface area (TPSA) is 83.3 Å². The van der Waals surface area contributed by atoms with Crippen LogP contribution in [0.25, 0.3) is 0 Å². The van der Waals surface area contributed by atoms with E-state index in [4.69, 9.17) is 5.11 Å². The Morgan fingerprint density at radius 3 is 2.72 bits per heavy atom. The van der Waals surface area contributed by atoms with E-state index in [9.17, 15) is 4.79 Å². The second kappa shape index (κ2) is 8.11. The summed E-state index contributed by atoms with van der Waals surface area (Å²) in [7, 11) is 0. The molecule has 0 bridgehead atoms. The van der Waals surface area contributed by atoms with E-state index in [-0.39, 0.29) is 24.7 Å². The van der Waals surface area contributed by atoms with E-state index in [2.05, 4.69) is 15.6 Å². The standard InChI is InChI=1S/C18H25N5O2/c1-14(15-5-3-2-4-6-15)19-18(25)22-10-7-17(8-11-22)23-13-16(9-12-24)20-21-23/h2-6,13-14,17,24H,7-12H2,1H3,(H,19,25)/t14-/m0/s1. The molecule has 3 rings (SSSR count). The summed E-state index contributed by atoms with van der Waals surface area (Å²) < 4.78 is 1.87. The van der Waals surface area contributed by atoms with Crippen LogP contribution in [0.3, 0.4) is 0 Å².